The monoisotopic (exact) mass is 462 g/mol. The molecule has 2 aliphatic heterocycles. The summed E-state index contributed by atoms with van der Waals surface area (Å²) in [5.74, 6) is -0.0994. The van der Waals surface area contributed by atoms with Crippen molar-refractivity contribution in [3.05, 3.63) is 63.2 Å². The van der Waals surface area contributed by atoms with Crippen LogP contribution in [0.15, 0.2) is 48.5 Å². The second kappa shape index (κ2) is 6.39. The average molecular weight is 462 g/mol. The van der Waals surface area contributed by atoms with E-state index in [-0.39, 0.29) is 12.3 Å². The highest BCUT2D eigenvalue weighted by Gasteiger charge is 2.55. The Morgan fingerprint density at radius 3 is 2.65 bits per heavy atom. The molecular formula is C19H15IN2O4. The van der Waals surface area contributed by atoms with Gasteiger partial charge in [0.15, 0.2) is 11.3 Å². The lowest BCUT2D eigenvalue weighted by molar-refractivity contribution is -0.132. The molecule has 1 unspecified atom stereocenters. The van der Waals surface area contributed by atoms with Gasteiger partial charge in [0, 0.05) is 21.1 Å². The van der Waals surface area contributed by atoms with E-state index in [2.05, 4.69) is 27.9 Å². The van der Waals surface area contributed by atoms with Crippen molar-refractivity contribution in [2.75, 3.05) is 13.2 Å². The molecule has 0 aliphatic carbocycles. The zero-order valence-corrected chi connectivity index (χ0v) is 15.9. The standard InChI is InChI=1S/C19H15IN2O4/c20-13-7-5-12(6-8-13)15(23)11-22-17(24)19(21-18(22)25)9-10-26-16-4-2-1-3-14(16)19/h1-8H,9-11H2,(H,21,25). The molecule has 0 saturated carbocycles. The van der Waals surface area contributed by atoms with Crippen LogP contribution in [0.2, 0.25) is 0 Å². The average Bonchev–Trinajstić information content (AvgIpc) is 2.87. The van der Waals surface area contributed by atoms with Crippen LogP contribution >= 0.6 is 22.6 Å². The Labute approximate surface area is 163 Å². The van der Waals surface area contributed by atoms with Gasteiger partial charge in [-0.1, -0.05) is 30.3 Å². The van der Waals surface area contributed by atoms with Gasteiger partial charge in [0.05, 0.1) is 13.2 Å². The summed E-state index contributed by atoms with van der Waals surface area (Å²) in [5.41, 5.74) is -0.0497. The summed E-state index contributed by atoms with van der Waals surface area (Å²) in [7, 11) is 0. The number of nitrogens with one attached hydrogen (secondary N) is 1. The fourth-order valence-corrected chi connectivity index (χ4v) is 3.75. The smallest absolute Gasteiger partial charge is 0.325 e. The van der Waals surface area contributed by atoms with Gasteiger partial charge in [0.2, 0.25) is 0 Å². The number of imide groups is 1. The number of halogens is 1. The Kier molecular flexibility index (Phi) is 4.18. The molecule has 7 heteroatoms. The number of nitrogens with zero attached hydrogens (tertiary/aromatic N) is 1. The molecule has 2 aromatic carbocycles. The Morgan fingerprint density at radius 2 is 1.88 bits per heavy atom. The highest BCUT2D eigenvalue weighted by molar-refractivity contribution is 14.1. The molecule has 2 aliphatic rings. The van der Waals surface area contributed by atoms with E-state index in [9.17, 15) is 14.4 Å². The summed E-state index contributed by atoms with van der Waals surface area (Å²) in [6, 6.07) is 13.6. The number of para-hydroxylation sites is 1. The molecule has 1 spiro atoms. The van der Waals surface area contributed by atoms with Crippen molar-refractivity contribution < 1.29 is 19.1 Å². The van der Waals surface area contributed by atoms with E-state index in [1.807, 2.05) is 18.2 Å². The van der Waals surface area contributed by atoms with E-state index in [1.54, 1.807) is 30.3 Å². The number of urea groups is 1. The van der Waals surface area contributed by atoms with E-state index in [4.69, 9.17) is 4.74 Å². The predicted molar refractivity (Wildman–Crippen MR) is 102 cm³/mol. The maximum atomic E-state index is 13.1. The van der Waals surface area contributed by atoms with Gasteiger partial charge in [-0.25, -0.2) is 4.79 Å². The molecule has 132 valence electrons. The third-order valence-electron chi connectivity index (χ3n) is 4.73. The third-order valence-corrected chi connectivity index (χ3v) is 5.44. The minimum atomic E-state index is -1.15. The number of benzene rings is 2. The SMILES string of the molecule is O=C(CN1C(=O)NC2(CCOc3ccccc32)C1=O)c1ccc(I)cc1. The first-order valence-corrected chi connectivity index (χ1v) is 9.24. The molecule has 1 fully saturated rings. The van der Waals surface area contributed by atoms with Crippen LogP contribution in [0.5, 0.6) is 5.75 Å². The van der Waals surface area contributed by atoms with Crippen molar-refractivity contribution >= 4 is 40.3 Å². The number of Topliss-reactive ketones (excluding diaryl/α,β-unsaturated/α-hetero) is 1. The van der Waals surface area contributed by atoms with Crippen LogP contribution in [0, 0.1) is 3.57 Å². The summed E-state index contributed by atoms with van der Waals surface area (Å²) in [5, 5.41) is 2.80. The maximum Gasteiger partial charge on any atom is 0.325 e. The van der Waals surface area contributed by atoms with Gasteiger partial charge in [-0.15, -0.1) is 0 Å². The fraction of sp³-hybridized carbons (Fsp3) is 0.211. The molecule has 26 heavy (non-hydrogen) atoms. The highest BCUT2D eigenvalue weighted by Crippen LogP contribution is 2.40. The molecule has 0 bridgehead atoms. The Bertz CT molecular complexity index is 912. The Balaban J connectivity index is 1.63. The van der Waals surface area contributed by atoms with E-state index in [0.29, 0.717) is 29.9 Å². The van der Waals surface area contributed by atoms with Gasteiger partial charge in [0.25, 0.3) is 5.91 Å². The third kappa shape index (κ3) is 2.66. The number of amides is 3. The maximum absolute atomic E-state index is 13.1. The number of hydrogen-bond acceptors (Lipinski definition) is 4. The first-order chi connectivity index (χ1) is 12.5. The molecule has 4 rings (SSSR count). The lowest BCUT2D eigenvalue weighted by atomic mass is 9.84. The number of fused-ring (bicyclic) bond motifs is 2. The summed E-state index contributed by atoms with van der Waals surface area (Å²) < 4.78 is 6.61. The molecule has 1 atom stereocenters. The second-order valence-electron chi connectivity index (χ2n) is 6.25. The molecule has 3 amide bonds. The Hall–Kier alpha value is -2.42. The number of hydrogen-bond donors (Lipinski definition) is 1. The van der Waals surface area contributed by atoms with E-state index in [0.717, 1.165) is 8.47 Å². The summed E-state index contributed by atoms with van der Waals surface area (Å²) in [6.07, 6.45) is 0.336. The second-order valence-corrected chi connectivity index (χ2v) is 7.50. The molecule has 1 N–H and O–H groups in total. The number of ether oxygens (including phenoxy) is 1. The van der Waals surface area contributed by atoms with Crippen molar-refractivity contribution in [2.45, 2.75) is 12.0 Å². The minimum absolute atomic E-state index is 0.276. The lowest BCUT2D eigenvalue weighted by Crippen LogP contribution is -2.47. The van der Waals surface area contributed by atoms with Crippen molar-refractivity contribution in [1.29, 1.82) is 0 Å². The van der Waals surface area contributed by atoms with Gasteiger partial charge >= 0.3 is 6.03 Å². The Morgan fingerprint density at radius 1 is 1.15 bits per heavy atom. The van der Waals surface area contributed by atoms with Crippen molar-refractivity contribution in [2.24, 2.45) is 0 Å². The number of ketones is 1. The summed E-state index contributed by atoms with van der Waals surface area (Å²) >= 11 is 2.15. The first kappa shape index (κ1) is 17.0. The highest BCUT2D eigenvalue weighted by atomic mass is 127. The van der Waals surface area contributed by atoms with E-state index >= 15 is 0 Å². The van der Waals surface area contributed by atoms with Crippen molar-refractivity contribution in [3.63, 3.8) is 0 Å². The first-order valence-electron chi connectivity index (χ1n) is 8.16. The number of rotatable bonds is 3. The summed E-state index contributed by atoms with van der Waals surface area (Å²) in [4.78, 5) is 39.1. The van der Waals surface area contributed by atoms with E-state index in [1.165, 1.54) is 0 Å². The predicted octanol–water partition coefficient (Wildman–Crippen LogP) is 2.70. The molecule has 0 radical (unpaired) electrons. The summed E-state index contributed by atoms with van der Waals surface area (Å²) in [6.45, 7) is 0.0397. The normalized spacial score (nSPS) is 21.3. The van der Waals surface area contributed by atoms with Crippen LogP contribution in [0.25, 0.3) is 0 Å². The van der Waals surface area contributed by atoms with Crippen molar-refractivity contribution in [1.82, 2.24) is 10.2 Å². The van der Waals surface area contributed by atoms with Gasteiger partial charge in [-0.2, -0.15) is 0 Å². The van der Waals surface area contributed by atoms with Crippen LogP contribution in [0.4, 0.5) is 4.79 Å². The van der Waals surface area contributed by atoms with Crippen LogP contribution in [-0.4, -0.2) is 35.8 Å². The van der Waals surface area contributed by atoms with Gasteiger partial charge in [0.1, 0.15) is 5.75 Å². The van der Waals surface area contributed by atoms with Crippen LogP contribution < -0.4 is 10.1 Å². The van der Waals surface area contributed by atoms with Gasteiger partial charge in [-0.3, -0.25) is 14.5 Å². The minimum Gasteiger partial charge on any atom is -0.493 e. The van der Waals surface area contributed by atoms with Crippen LogP contribution in [-0.2, 0) is 10.3 Å². The van der Waals surface area contributed by atoms with Gasteiger partial charge < -0.3 is 10.1 Å². The number of carbonyl (C=O) groups is 3. The quantitative estimate of drug-likeness (QED) is 0.433. The number of carbonyl (C=O) groups excluding carboxylic acids is 3. The molecule has 1 saturated heterocycles. The largest absolute Gasteiger partial charge is 0.493 e. The van der Waals surface area contributed by atoms with Crippen LogP contribution in [0.1, 0.15) is 22.3 Å². The van der Waals surface area contributed by atoms with Crippen molar-refractivity contribution in [3.8, 4) is 5.75 Å². The molecule has 6 nitrogen and oxygen atoms in total. The van der Waals surface area contributed by atoms with Crippen LogP contribution in [0.3, 0.4) is 0 Å². The fourth-order valence-electron chi connectivity index (χ4n) is 3.39. The molecule has 2 heterocycles. The molecule has 2 aromatic rings. The molecular weight excluding hydrogens is 447 g/mol. The zero-order valence-electron chi connectivity index (χ0n) is 13.7. The van der Waals surface area contributed by atoms with E-state index < -0.39 is 17.5 Å². The topological polar surface area (TPSA) is 75.7 Å². The van der Waals surface area contributed by atoms with Gasteiger partial charge in [-0.05, 0) is 40.8 Å². The molecule has 0 aromatic heterocycles. The zero-order chi connectivity index (χ0) is 18.3. The lowest BCUT2D eigenvalue weighted by Gasteiger charge is -2.33.